The van der Waals surface area contributed by atoms with Crippen molar-refractivity contribution < 1.29 is 18.8 Å². The van der Waals surface area contributed by atoms with E-state index in [4.69, 9.17) is 14.0 Å². The van der Waals surface area contributed by atoms with E-state index in [0.29, 0.717) is 37.1 Å². The first-order valence-corrected chi connectivity index (χ1v) is 11.5. The Labute approximate surface area is 196 Å². The molecule has 0 spiro atoms. The van der Waals surface area contributed by atoms with Gasteiger partial charge in [0, 0.05) is 37.6 Å². The summed E-state index contributed by atoms with van der Waals surface area (Å²) in [5.41, 5.74) is 2.31. The lowest BCUT2D eigenvalue weighted by Crippen LogP contribution is -2.31. The summed E-state index contributed by atoms with van der Waals surface area (Å²) in [5.74, 6) is 2.07. The summed E-state index contributed by atoms with van der Waals surface area (Å²) in [6.07, 6.45) is 1.62. The Balaban J connectivity index is 1.10. The Morgan fingerprint density at radius 3 is 2.79 bits per heavy atom. The van der Waals surface area contributed by atoms with Gasteiger partial charge in [-0.1, -0.05) is 23.4 Å². The molecule has 174 valence electrons. The number of hydrogen-bond acceptors (Lipinski definition) is 7. The molecule has 2 atom stereocenters. The van der Waals surface area contributed by atoms with E-state index in [-0.39, 0.29) is 17.9 Å². The van der Waals surface area contributed by atoms with Crippen LogP contribution in [-0.4, -0.2) is 63.1 Å². The minimum absolute atomic E-state index is 0.0566. The number of carbonyl (C=O) groups is 1. The van der Waals surface area contributed by atoms with Crippen molar-refractivity contribution in [2.75, 3.05) is 26.3 Å². The van der Waals surface area contributed by atoms with Crippen LogP contribution in [0, 0.1) is 0 Å². The maximum atomic E-state index is 13.1. The molecular formula is C25H25N5O4. The molecule has 4 aromatic rings. The first-order valence-electron chi connectivity index (χ1n) is 11.5. The van der Waals surface area contributed by atoms with Crippen molar-refractivity contribution in [3.63, 3.8) is 0 Å². The van der Waals surface area contributed by atoms with E-state index in [1.54, 1.807) is 4.68 Å². The molecule has 9 heteroatoms. The number of likely N-dealkylation sites (tertiary alicyclic amines) is 1. The van der Waals surface area contributed by atoms with Crippen LogP contribution in [0.4, 0.5) is 0 Å². The van der Waals surface area contributed by atoms with Gasteiger partial charge in [-0.15, -0.1) is 0 Å². The fourth-order valence-electron chi connectivity index (χ4n) is 4.65. The standard InChI is InChI=1S/C25H25N5O4/c1-29-21-5-3-2-4-20(21)22(27-29)25(31)30-12-10-19(14-30)33-18-8-6-16(7-9-18)23-26-24(34-28-23)17-11-13-32-15-17/h2-9,17,19H,10-15H2,1H3/t17?,19-/m1/s1. The largest absolute Gasteiger partial charge is 0.489 e. The third-order valence-corrected chi connectivity index (χ3v) is 6.53. The lowest BCUT2D eigenvalue weighted by molar-refractivity contribution is 0.0767. The lowest BCUT2D eigenvalue weighted by Gasteiger charge is -2.16. The summed E-state index contributed by atoms with van der Waals surface area (Å²) < 4.78 is 18.7. The van der Waals surface area contributed by atoms with Gasteiger partial charge in [0.1, 0.15) is 11.9 Å². The second-order valence-corrected chi connectivity index (χ2v) is 8.81. The molecular weight excluding hydrogens is 434 g/mol. The second-order valence-electron chi connectivity index (χ2n) is 8.81. The first kappa shape index (κ1) is 20.9. The molecule has 2 aromatic heterocycles. The number of aromatic nitrogens is 4. The van der Waals surface area contributed by atoms with Crippen LogP contribution < -0.4 is 4.74 Å². The van der Waals surface area contributed by atoms with E-state index >= 15 is 0 Å². The van der Waals surface area contributed by atoms with Gasteiger partial charge in [-0.25, -0.2) is 0 Å². The third-order valence-electron chi connectivity index (χ3n) is 6.53. The highest BCUT2D eigenvalue weighted by atomic mass is 16.5. The molecule has 2 fully saturated rings. The maximum absolute atomic E-state index is 13.1. The van der Waals surface area contributed by atoms with Gasteiger partial charge in [0.2, 0.25) is 11.7 Å². The number of nitrogens with zero attached hydrogens (tertiary/aromatic N) is 5. The Morgan fingerprint density at radius 2 is 1.97 bits per heavy atom. The zero-order chi connectivity index (χ0) is 23.1. The van der Waals surface area contributed by atoms with Gasteiger partial charge in [-0.3, -0.25) is 9.48 Å². The van der Waals surface area contributed by atoms with E-state index in [0.717, 1.165) is 41.7 Å². The lowest BCUT2D eigenvalue weighted by atomic mass is 10.1. The van der Waals surface area contributed by atoms with Crippen LogP contribution in [0.25, 0.3) is 22.3 Å². The molecule has 0 saturated carbocycles. The van der Waals surface area contributed by atoms with Crippen molar-refractivity contribution in [3.05, 3.63) is 60.1 Å². The van der Waals surface area contributed by atoms with E-state index in [9.17, 15) is 4.79 Å². The van der Waals surface area contributed by atoms with Gasteiger partial charge in [0.25, 0.3) is 5.91 Å². The molecule has 0 N–H and O–H groups in total. The van der Waals surface area contributed by atoms with Crippen LogP contribution in [0.2, 0.25) is 0 Å². The highest BCUT2D eigenvalue weighted by molar-refractivity contribution is 6.04. The van der Waals surface area contributed by atoms with Gasteiger partial charge < -0.3 is 18.9 Å². The van der Waals surface area contributed by atoms with Crippen molar-refractivity contribution in [1.29, 1.82) is 0 Å². The highest BCUT2D eigenvalue weighted by Gasteiger charge is 2.31. The number of benzene rings is 2. The molecule has 4 heterocycles. The highest BCUT2D eigenvalue weighted by Crippen LogP contribution is 2.28. The van der Waals surface area contributed by atoms with Gasteiger partial charge in [-0.05, 0) is 36.8 Å². The van der Waals surface area contributed by atoms with Crippen molar-refractivity contribution >= 4 is 16.8 Å². The zero-order valence-corrected chi connectivity index (χ0v) is 18.9. The number of fused-ring (bicyclic) bond motifs is 1. The van der Waals surface area contributed by atoms with Crippen LogP contribution >= 0.6 is 0 Å². The normalized spacial score (nSPS) is 20.3. The van der Waals surface area contributed by atoms with Crippen molar-refractivity contribution in [3.8, 4) is 17.1 Å². The predicted molar refractivity (Wildman–Crippen MR) is 124 cm³/mol. The molecule has 2 aliphatic rings. The summed E-state index contributed by atoms with van der Waals surface area (Å²) in [7, 11) is 1.86. The molecule has 34 heavy (non-hydrogen) atoms. The van der Waals surface area contributed by atoms with E-state index in [1.807, 2.05) is 60.5 Å². The van der Waals surface area contributed by atoms with Crippen LogP contribution in [0.1, 0.15) is 35.1 Å². The molecule has 9 nitrogen and oxygen atoms in total. The average Bonchev–Trinajstić information content (AvgIpc) is 3.66. The van der Waals surface area contributed by atoms with Crippen molar-refractivity contribution in [2.24, 2.45) is 7.05 Å². The maximum Gasteiger partial charge on any atom is 0.275 e. The molecule has 0 bridgehead atoms. The molecule has 0 aliphatic carbocycles. The smallest absolute Gasteiger partial charge is 0.275 e. The number of para-hydroxylation sites is 1. The Bertz CT molecular complexity index is 1320. The summed E-state index contributed by atoms with van der Waals surface area (Å²) in [4.78, 5) is 19.5. The van der Waals surface area contributed by atoms with Gasteiger partial charge in [0.05, 0.1) is 24.6 Å². The summed E-state index contributed by atoms with van der Waals surface area (Å²) in [5, 5.41) is 9.45. The van der Waals surface area contributed by atoms with E-state index in [2.05, 4.69) is 15.2 Å². The van der Waals surface area contributed by atoms with Crippen molar-refractivity contribution in [1.82, 2.24) is 24.8 Å². The number of carbonyl (C=O) groups excluding carboxylic acids is 1. The molecule has 6 rings (SSSR count). The fraction of sp³-hybridized carbons (Fsp3) is 0.360. The predicted octanol–water partition coefficient (Wildman–Crippen LogP) is 3.42. The summed E-state index contributed by atoms with van der Waals surface area (Å²) in [6.45, 7) is 2.54. The molecule has 0 radical (unpaired) electrons. The quantitative estimate of drug-likeness (QED) is 0.451. The molecule has 2 aliphatic heterocycles. The van der Waals surface area contributed by atoms with Crippen LogP contribution in [0.15, 0.2) is 53.1 Å². The van der Waals surface area contributed by atoms with E-state index in [1.165, 1.54) is 0 Å². The number of amides is 1. The summed E-state index contributed by atoms with van der Waals surface area (Å²) in [6, 6.07) is 15.4. The zero-order valence-electron chi connectivity index (χ0n) is 18.9. The van der Waals surface area contributed by atoms with Crippen LogP contribution in [0.3, 0.4) is 0 Å². The molecule has 2 saturated heterocycles. The van der Waals surface area contributed by atoms with E-state index < -0.39 is 0 Å². The minimum Gasteiger partial charge on any atom is -0.489 e. The Morgan fingerprint density at radius 1 is 1.12 bits per heavy atom. The minimum atomic E-state index is -0.0658. The topological polar surface area (TPSA) is 95.5 Å². The monoisotopic (exact) mass is 459 g/mol. The van der Waals surface area contributed by atoms with Gasteiger partial charge in [-0.2, -0.15) is 10.1 Å². The third kappa shape index (κ3) is 3.81. The number of aryl methyl sites for hydroxylation is 1. The second kappa shape index (κ2) is 8.57. The van der Waals surface area contributed by atoms with Crippen LogP contribution in [0.5, 0.6) is 5.75 Å². The number of rotatable bonds is 5. The van der Waals surface area contributed by atoms with Crippen molar-refractivity contribution in [2.45, 2.75) is 24.9 Å². The fourth-order valence-corrected chi connectivity index (χ4v) is 4.65. The Kier molecular flexibility index (Phi) is 5.26. The first-order chi connectivity index (χ1) is 16.7. The Hall–Kier alpha value is -3.72. The van der Waals surface area contributed by atoms with Gasteiger partial charge in [0.15, 0.2) is 5.69 Å². The van der Waals surface area contributed by atoms with Gasteiger partial charge >= 0.3 is 0 Å². The molecule has 2 aromatic carbocycles. The molecule has 1 amide bonds. The SMILES string of the molecule is Cn1nc(C(=O)N2CC[C@@H](Oc3ccc(-c4noc(C5CCOC5)n4)cc3)C2)c2ccccc21. The molecule has 1 unspecified atom stereocenters. The summed E-state index contributed by atoms with van der Waals surface area (Å²) >= 11 is 0. The van der Waals surface area contributed by atoms with Crippen LogP contribution in [-0.2, 0) is 11.8 Å². The number of hydrogen-bond donors (Lipinski definition) is 0. The average molecular weight is 460 g/mol. The number of ether oxygens (including phenoxy) is 2.